The maximum absolute atomic E-state index is 12.9. The topological polar surface area (TPSA) is 125 Å². The first-order valence-electron chi connectivity index (χ1n) is 11.4. The van der Waals surface area contributed by atoms with Crippen molar-refractivity contribution in [2.75, 3.05) is 5.32 Å². The van der Waals surface area contributed by atoms with Gasteiger partial charge in [0.25, 0.3) is 0 Å². The van der Waals surface area contributed by atoms with E-state index in [-0.39, 0.29) is 12.1 Å². The summed E-state index contributed by atoms with van der Waals surface area (Å²) in [4.78, 5) is 30.5. The highest BCUT2D eigenvalue weighted by atomic mass is 19.4. The van der Waals surface area contributed by atoms with Crippen LogP contribution in [0.3, 0.4) is 0 Å². The van der Waals surface area contributed by atoms with Crippen LogP contribution < -0.4 is 5.32 Å². The number of aliphatic carboxylic acids is 1. The Morgan fingerprint density at radius 3 is 2.59 bits per heavy atom. The van der Waals surface area contributed by atoms with Gasteiger partial charge in [-0.1, -0.05) is 18.1 Å². The Morgan fingerprint density at radius 2 is 1.87 bits per heavy atom. The second kappa shape index (κ2) is 11.4. The van der Waals surface area contributed by atoms with E-state index in [9.17, 15) is 18.0 Å². The van der Waals surface area contributed by atoms with E-state index in [1.165, 1.54) is 5.01 Å². The SMILES string of the molecule is Cc1ccc(NC(=O)N2N=CCC2c2ccccn2)cc1C#Cc1cnc2cccnn12.O=C(O)C(F)(F)F. The summed E-state index contributed by atoms with van der Waals surface area (Å²) in [6.07, 6.45) is 2.38. The van der Waals surface area contributed by atoms with Crippen molar-refractivity contribution in [3.05, 3.63) is 89.6 Å². The standard InChI is InChI=1S/C24H19N7O.C2HF3O2/c1-17-7-9-19(15-18(17)8-10-20-16-26-23-6-4-13-27-30(20)23)29-24(32)31-22(11-14-28-31)21-5-2-3-12-25-21;3-2(4,5)1(6)7/h2-7,9,12-16,22H,11H2,1H3,(H,29,32);(H,6,7). The predicted octanol–water partition coefficient (Wildman–Crippen LogP) is 4.43. The van der Waals surface area contributed by atoms with Crippen molar-refractivity contribution in [2.45, 2.75) is 25.6 Å². The number of aryl methyl sites for hydroxylation is 1. The number of aromatic nitrogens is 4. The van der Waals surface area contributed by atoms with E-state index in [0.717, 1.165) is 22.5 Å². The van der Waals surface area contributed by atoms with Gasteiger partial charge in [0.1, 0.15) is 11.7 Å². The Hall–Kier alpha value is -5.25. The summed E-state index contributed by atoms with van der Waals surface area (Å²) in [6, 6.07) is 14.5. The molecule has 13 heteroatoms. The second-order valence-corrected chi connectivity index (χ2v) is 8.10. The third kappa shape index (κ3) is 6.55. The van der Waals surface area contributed by atoms with Crippen molar-refractivity contribution >= 4 is 29.5 Å². The molecule has 198 valence electrons. The van der Waals surface area contributed by atoms with E-state index in [1.807, 2.05) is 55.5 Å². The highest BCUT2D eigenvalue weighted by Crippen LogP contribution is 2.27. The number of anilines is 1. The number of amides is 2. The summed E-state index contributed by atoms with van der Waals surface area (Å²) in [6.45, 7) is 1.98. The summed E-state index contributed by atoms with van der Waals surface area (Å²) >= 11 is 0. The largest absolute Gasteiger partial charge is 0.490 e. The maximum Gasteiger partial charge on any atom is 0.490 e. The van der Waals surface area contributed by atoms with E-state index in [4.69, 9.17) is 9.90 Å². The van der Waals surface area contributed by atoms with Crippen LogP contribution in [0.4, 0.5) is 23.7 Å². The van der Waals surface area contributed by atoms with Gasteiger partial charge in [-0.05, 0) is 54.8 Å². The van der Waals surface area contributed by atoms with Crippen molar-refractivity contribution in [3.63, 3.8) is 0 Å². The minimum absolute atomic E-state index is 0.219. The van der Waals surface area contributed by atoms with Crippen LogP contribution in [-0.2, 0) is 4.79 Å². The molecular formula is C26H20F3N7O3. The number of imidazole rings is 1. The molecule has 0 saturated carbocycles. The number of halogens is 3. The van der Waals surface area contributed by atoms with Crippen molar-refractivity contribution in [3.8, 4) is 11.8 Å². The molecule has 4 aromatic rings. The highest BCUT2D eigenvalue weighted by Gasteiger charge is 2.38. The third-order valence-corrected chi connectivity index (χ3v) is 5.40. The van der Waals surface area contributed by atoms with Crippen LogP contribution in [0.2, 0.25) is 0 Å². The molecular weight excluding hydrogens is 515 g/mol. The minimum atomic E-state index is -5.08. The first-order chi connectivity index (χ1) is 18.6. The zero-order valence-electron chi connectivity index (χ0n) is 20.3. The van der Waals surface area contributed by atoms with Crippen LogP contribution in [0.25, 0.3) is 5.65 Å². The molecule has 3 aromatic heterocycles. The smallest absolute Gasteiger partial charge is 0.475 e. The van der Waals surface area contributed by atoms with Gasteiger partial charge in [0.2, 0.25) is 0 Å². The average Bonchev–Trinajstić information content (AvgIpc) is 3.57. The molecule has 2 amide bonds. The highest BCUT2D eigenvalue weighted by molar-refractivity contribution is 5.91. The normalized spacial score (nSPS) is 14.3. The number of pyridine rings is 1. The van der Waals surface area contributed by atoms with Gasteiger partial charge in [-0.15, -0.1) is 0 Å². The van der Waals surface area contributed by atoms with Crippen LogP contribution in [0.1, 0.15) is 35.0 Å². The van der Waals surface area contributed by atoms with Gasteiger partial charge in [-0.3, -0.25) is 4.98 Å². The number of carboxylic acids is 1. The first-order valence-corrected chi connectivity index (χ1v) is 11.4. The fraction of sp³-hybridized carbons (Fsp3) is 0.154. The zero-order chi connectivity index (χ0) is 28.0. The molecule has 1 atom stereocenters. The molecule has 4 heterocycles. The lowest BCUT2D eigenvalue weighted by molar-refractivity contribution is -0.192. The molecule has 10 nitrogen and oxygen atoms in total. The van der Waals surface area contributed by atoms with Crippen LogP contribution >= 0.6 is 0 Å². The van der Waals surface area contributed by atoms with E-state index < -0.39 is 12.1 Å². The number of urea groups is 1. The van der Waals surface area contributed by atoms with Crippen molar-refractivity contribution < 1.29 is 27.9 Å². The summed E-state index contributed by atoms with van der Waals surface area (Å²) in [7, 11) is 0. The number of carboxylic acid groups (broad SMARTS) is 1. The molecule has 0 fully saturated rings. The number of hydrogen-bond donors (Lipinski definition) is 2. The van der Waals surface area contributed by atoms with Crippen molar-refractivity contribution in [2.24, 2.45) is 5.10 Å². The molecule has 5 rings (SSSR count). The molecule has 0 spiro atoms. The lowest BCUT2D eigenvalue weighted by atomic mass is 10.1. The summed E-state index contributed by atoms with van der Waals surface area (Å²) in [5, 5.41) is 20.0. The molecule has 2 N–H and O–H groups in total. The molecule has 0 radical (unpaired) electrons. The quantitative estimate of drug-likeness (QED) is 0.366. The van der Waals surface area contributed by atoms with Crippen molar-refractivity contribution in [1.82, 2.24) is 24.6 Å². The molecule has 1 aromatic carbocycles. The molecule has 0 saturated heterocycles. The first kappa shape index (κ1) is 26.8. The van der Waals surface area contributed by atoms with Gasteiger partial charge >= 0.3 is 18.2 Å². The number of nitrogens with zero attached hydrogens (tertiary/aromatic N) is 6. The van der Waals surface area contributed by atoms with Crippen LogP contribution in [0, 0.1) is 18.8 Å². The minimum Gasteiger partial charge on any atom is -0.475 e. The third-order valence-electron chi connectivity index (χ3n) is 5.40. The van der Waals surface area contributed by atoms with Gasteiger partial charge in [0.15, 0.2) is 5.65 Å². The zero-order valence-corrected chi connectivity index (χ0v) is 20.3. The number of carbonyl (C=O) groups is 2. The Labute approximate surface area is 219 Å². The molecule has 0 bridgehead atoms. The van der Waals surface area contributed by atoms with Crippen LogP contribution in [0.5, 0.6) is 0 Å². The number of alkyl halides is 3. The van der Waals surface area contributed by atoms with Gasteiger partial charge < -0.3 is 10.4 Å². The fourth-order valence-electron chi connectivity index (χ4n) is 3.49. The lowest BCUT2D eigenvalue weighted by Crippen LogP contribution is -2.31. The van der Waals surface area contributed by atoms with Gasteiger partial charge in [-0.25, -0.2) is 24.1 Å². The van der Waals surface area contributed by atoms with Crippen LogP contribution in [-0.4, -0.2) is 54.1 Å². The van der Waals surface area contributed by atoms with E-state index >= 15 is 0 Å². The Kier molecular flexibility index (Phi) is 7.85. The Balaban J connectivity index is 0.000000448. The second-order valence-electron chi connectivity index (χ2n) is 8.10. The number of hydrogen-bond acceptors (Lipinski definition) is 6. The summed E-state index contributed by atoms with van der Waals surface area (Å²) < 4.78 is 33.4. The summed E-state index contributed by atoms with van der Waals surface area (Å²) in [5.41, 5.74) is 4.69. The van der Waals surface area contributed by atoms with E-state index in [2.05, 4.69) is 37.3 Å². The fourth-order valence-corrected chi connectivity index (χ4v) is 3.49. The molecule has 1 aliphatic heterocycles. The number of rotatable bonds is 2. The van der Waals surface area contributed by atoms with Crippen LogP contribution in [0.15, 0.2) is 72.2 Å². The van der Waals surface area contributed by atoms with E-state index in [1.54, 1.807) is 29.3 Å². The number of carbonyl (C=O) groups excluding carboxylic acids is 1. The molecule has 39 heavy (non-hydrogen) atoms. The number of nitrogens with one attached hydrogen (secondary N) is 1. The molecule has 0 aliphatic carbocycles. The van der Waals surface area contributed by atoms with E-state index in [0.29, 0.717) is 17.8 Å². The molecule has 1 aliphatic rings. The maximum atomic E-state index is 12.9. The van der Waals surface area contributed by atoms with Gasteiger partial charge in [0, 0.05) is 36.3 Å². The average molecular weight is 535 g/mol. The number of hydrazone groups is 1. The van der Waals surface area contributed by atoms with Gasteiger partial charge in [0.05, 0.1) is 11.9 Å². The lowest BCUT2D eigenvalue weighted by Gasteiger charge is -2.21. The monoisotopic (exact) mass is 535 g/mol. The Bertz CT molecular complexity index is 1590. The van der Waals surface area contributed by atoms with Crippen molar-refractivity contribution in [1.29, 1.82) is 0 Å². The predicted molar refractivity (Wildman–Crippen MR) is 135 cm³/mol. The Morgan fingerprint density at radius 1 is 1.08 bits per heavy atom. The number of fused-ring (bicyclic) bond motifs is 1. The van der Waals surface area contributed by atoms with Gasteiger partial charge in [-0.2, -0.15) is 23.4 Å². The summed E-state index contributed by atoms with van der Waals surface area (Å²) in [5.74, 6) is 3.54. The number of benzene rings is 1. The molecule has 1 unspecified atom stereocenters.